The van der Waals surface area contributed by atoms with Crippen LogP contribution in [0.4, 0.5) is 35.0 Å². The molecule has 0 aliphatic heterocycles. The van der Waals surface area contributed by atoms with Crippen LogP contribution in [0.5, 0.6) is 0 Å². The summed E-state index contributed by atoms with van der Waals surface area (Å²) in [4.78, 5) is 24.3. The lowest BCUT2D eigenvalue weighted by atomic mass is 10.0. The number of halogens is 4. The Morgan fingerprint density at radius 1 is 1.03 bits per heavy atom. The van der Waals surface area contributed by atoms with Gasteiger partial charge in [-0.25, -0.2) is 19.3 Å². The maximum atomic E-state index is 14.7. The highest BCUT2D eigenvalue weighted by molar-refractivity contribution is 5.91. The summed E-state index contributed by atoms with van der Waals surface area (Å²) < 4.78 is 59.3. The number of ether oxygens (including phenoxy) is 1. The number of hydrogen-bond donors (Lipinski definition) is 2. The Labute approximate surface area is 208 Å². The quantitative estimate of drug-likeness (QED) is 0.317. The molecule has 2 N–H and O–H groups in total. The number of amides is 1. The van der Waals surface area contributed by atoms with Crippen molar-refractivity contribution < 1.29 is 27.1 Å². The smallest absolute Gasteiger partial charge is 0.383 e. The van der Waals surface area contributed by atoms with E-state index in [1.54, 1.807) is 30.3 Å². The average Bonchev–Trinajstić information content (AvgIpc) is 3.31. The summed E-state index contributed by atoms with van der Waals surface area (Å²) in [5, 5.41) is 9.58. The van der Waals surface area contributed by atoms with E-state index in [0.717, 1.165) is 12.1 Å². The predicted octanol–water partition coefficient (Wildman–Crippen LogP) is 4.46. The van der Waals surface area contributed by atoms with E-state index in [9.17, 15) is 22.4 Å². The first-order chi connectivity index (χ1) is 17.7. The number of anilines is 3. The van der Waals surface area contributed by atoms with E-state index in [1.165, 1.54) is 24.5 Å². The Kier molecular flexibility index (Phi) is 7.72. The Balaban J connectivity index is 1.36. The number of pyridine rings is 1. The number of rotatable bonds is 9. The van der Waals surface area contributed by atoms with Gasteiger partial charge in [0.2, 0.25) is 11.9 Å². The number of aromatic nitrogens is 5. The van der Waals surface area contributed by atoms with Gasteiger partial charge < -0.3 is 15.4 Å². The molecule has 0 spiro atoms. The molecule has 37 heavy (non-hydrogen) atoms. The highest BCUT2D eigenvalue weighted by atomic mass is 19.4. The third-order valence-electron chi connectivity index (χ3n) is 5.16. The standard InChI is InChI=1S/C24H21F4N7O2/c1-37-7-6-35-14-19(13-32-35)33-23-30-10-17(11-31-23)15-2-3-16(20(25)8-15)9-22(36)34-21-5-4-18(12-29-21)24(26,27)28/h2-5,8,10-14H,6-7,9H2,1H3,(H,29,34,36)(H,30,31,33). The van der Waals surface area contributed by atoms with Crippen LogP contribution in [0.15, 0.2) is 61.3 Å². The van der Waals surface area contributed by atoms with E-state index >= 15 is 0 Å². The van der Waals surface area contributed by atoms with Crippen molar-refractivity contribution in [1.29, 1.82) is 0 Å². The molecule has 1 aromatic carbocycles. The largest absolute Gasteiger partial charge is 0.417 e. The van der Waals surface area contributed by atoms with Crippen LogP contribution < -0.4 is 10.6 Å². The van der Waals surface area contributed by atoms with E-state index < -0.39 is 23.5 Å². The zero-order valence-corrected chi connectivity index (χ0v) is 19.5. The lowest BCUT2D eigenvalue weighted by Gasteiger charge is -2.09. The van der Waals surface area contributed by atoms with E-state index in [2.05, 4.69) is 30.7 Å². The summed E-state index contributed by atoms with van der Waals surface area (Å²) in [5.74, 6) is -0.981. The molecule has 192 valence electrons. The van der Waals surface area contributed by atoms with Crippen molar-refractivity contribution in [2.45, 2.75) is 19.1 Å². The molecule has 0 bridgehead atoms. The first kappa shape index (κ1) is 25.7. The van der Waals surface area contributed by atoms with Crippen molar-refractivity contribution in [1.82, 2.24) is 24.7 Å². The minimum atomic E-state index is -4.53. The zero-order valence-electron chi connectivity index (χ0n) is 19.5. The third-order valence-corrected chi connectivity index (χ3v) is 5.16. The molecular weight excluding hydrogens is 494 g/mol. The third kappa shape index (κ3) is 6.85. The summed E-state index contributed by atoms with van der Waals surface area (Å²) in [6.07, 6.45) is 2.23. The lowest BCUT2D eigenvalue weighted by Crippen LogP contribution is -2.16. The van der Waals surface area contributed by atoms with E-state index in [-0.39, 0.29) is 17.8 Å². The van der Waals surface area contributed by atoms with Crippen molar-refractivity contribution in [3.8, 4) is 11.1 Å². The van der Waals surface area contributed by atoms with Crippen molar-refractivity contribution in [2.75, 3.05) is 24.4 Å². The molecule has 9 nitrogen and oxygen atoms in total. The van der Waals surface area contributed by atoms with Crippen molar-refractivity contribution in [3.63, 3.8) is 0 Å². The monoisotopic (exact) mass is 515 g/mol. The number of nitrogens with zero attached hydrogens (tertiary/aromatic N) is 5. The fourth-order valence-corrected chi connectivity index (χ4v) is 3.27. The fraction of sp³-hybridized carbons (Fsp3) is 0.208. The SMILES string of the molecule is COCCn1cc(Nc2ncc(-c3ccc(CC(=O)Nc4ccc(C(F)(F)F)cn4)c(F)c3)cn2)cn1. The topological polar surface area (TPSA) is 107 Å². The minimum Gasteiger partial charge on any atom is -0.383 e. The lowest BCUT2D eigenvalue weighted by molar-refractivity contribution is -0.137. The summed E-state index contributed by atoms with van der Waals surface area (Å²) in [6, 6.07) is 6.16. The molecule has 0 aliphatic carbocycles. The highest BCUT2D eigenvalue weighted by Crippen LogP contribution is 2.29. The number of carbonyl (C=O) groups is 1. The number of carbonyl (C=O) groups excluding carboxylic acids is 1. The first-order valence-electron chi connectivity index (χ1n) is 10.9. The highest BCUT2D eigenvalue weighted by Gasteiger charge is 2.30. The molecule has 4 rings (SSSR count). The Bertz CT molecular complexity index is 1360. The number of alkyl halides is 3. The molecule has 0 unspecified atom stereocenters. The Morgan fingerprint density at radius 3 is 2.46 bits per heavy atom. The van der Waals surface area contributed by atoms with E-state index in [0.29, 0.717) is 42.1 Å². The van der Waals surface area contributed by atoms with Gasteiger partial charge in [-0.3, -0.25) is 9.48 Å². The van der Waals surface area contributed by atoms with Gasteiger partial charge in [-0.1, -0.05) is 12.1 Å². The van der Waals surface area contributed by atoms with Gasteiger partial charge in [-0.05, 0) is 29.3 Å². The van der Waals surface area contributed by atoms with Crippen molar-refractivity contribution in [3.05, 3.63) is 78.3 Å². The van der Waals surface area contributed by atoms with Gasteiger partial charge in [0.05, 0.1) is 37.0 Å². The van der Waals surface area contributed by atoms with Gasteiger partial charge in [0.15, 0.2) is 0 Å². The molecule has 0 saturated heterocycles. The summed E-state index contributed by atoms with van der Waals surface area (Å²) in [6.45, 7) is 1.13. The van der Waals surface area contributed by atoms with E-state index in [1.807, 2.05) is 0 Å². The van der Waals surface area contributed by atoms with Crippen LogP contribution in [0.2, 0.25) is 0 Å². The summed E-state index contributed by atoms with van der Waals surface area (Å²) in [7, 11) is 1.61. The molecule has 1 amide bonds. The van der Waals surface area contributed by atoms with Crippen molar-refractivity contribution in [2.24, 2.45) is 0 Å². The Hall–Kier alpha value is -4.39. The summed E-state index contributed by atoms with van der Waals surface area (Å²) >= 11 is 0. The number of methoxy groups -OCH3 is 1. The molecule has 0 aliphatic rings. The van der Waals surface area contributed by atoms with Crippen LogP contribution in [0.3, 0.4) is 0 Å². The first-order valence-corrected chi connectivity index (χ1v) is 10.9. The number of benzene rings is 1. The second kappa shape index (κ2) is 11.1. The van der Waals surface area contributed by atoms with Crippen LogP contribution in [0, 0.1) is 5.82 Å². The maximum absolute atomic E-state index is 14.7. The summed E-state index contributed by atoms with van der Waals surface area (Å²) in [5.41, 5.74) is 0.936. The second-order valence-corrected chi connectivity index (χ2v) is 7.87. The molecule has 13 heteroatoms. The molecular formula is C24H21F4N7O2. The van der Waals surface area contributed by atoms with Crippen LogP contribution >= 0.6 is 0 Å². The van der Waals surface area contributed by atoms with Gasteiger partial charge in [-0.2, -0.15) is 18.3 Å². The average molecular weight is 515 g/mol. The van der Waals surface area contributed by atoms with Crippen LogP contribution in [0.1, 0.15) is 11.1 Å². The van der Waals surface area contributed by atoms with Crippen molar-refractivity contribution >= 4 is 23.4 Å². The normalized spacial score (nSPS) is 11.4. The Morgan fingerprint density at radius 2 is 1.81 bits per heavy atom. The number of hydrogen-bond acceptors (Lipinski definition) is 7. The van der Waals surface area contributed by atoms with Crippen LogP contribution in [-0.4, -0.2) is 44.4 Å². The van der Waals surface area contributed by atoms with E-state index in [4.69, 9.17) is 4.74 Å². The van der Waals surface area contributed by atoms with Gasteiger partial charge in [-0.15, -0.1) is 0 Å². The molecule has 0 radical (unpaired) electrons. The number of nitrogens with one attached hydrogen (secondary N) is 2. The maximum Gasteiger partial charge on any atom is 0.417 e. The molecule has 3 aromatic heterocycles. The fourth-order valence-electron chi connectivity index (χ4n) is 3.27. The molecule has 0 saturated carbocycles. The van der Waals surface area contributed by atoms with Gasteiger partial charge in [0.1, 0.15) is 11.6 Å². The van der Waals surface area contributed by atoms with Gasteiger partial charge in [0, 0.05) is 37.5 Å². The second-order valence-electron chi connectivity index (χ2n) is 7.87. The van der Waals surface area contributed by atoms with Gasteiger partial charge in [0.25, 0.3) is 0 Å². The molecule has 4 aromatic rings. The minimum absolute atomic E-state index is 0.0665. The molecule has 0 atom stereocenters. The van der Waals surface area contributed by atoms with Crippen LogP contribution in [-0.2, 0) is 28.7 Å². The predicted molar refractivity (Wildman–Crippen MR) is 126 cm³/mol. The molecule has 3 heterocycles. The van der Waals surface area contributed by atoms with Crippen LogP contribution in [0.25, 0.3) is 11.1 Å². The zero-order chi connectivity index (χ0) is 26.4. The molecule has 0 fully saturated rings. The van der Waals surface area contributed by atoms with Gasteiger partial charge >= 0.3 is 6.18 Å².